The zero-order chi connectivity index (χ0) is 17.6. The quantitative estimate of drug-likeness (QED) is 0.657. The Bertz CT molecular complexity index is 1060. The number of benzene rings is 1. The number of anilines is 3. The number of thiophene rings is 1. The average Bonchev–Trinajstić information content (AvgIpc) is 3.18. The van der Waals surface area contributed by atoms with Gasteiger partial charge in [0.1, 0.15) is 21.6 Å². The van der Waals surface area contributed by atoms with Crippen LogP contribution in [0.5, 0.6) is 0 Å². The van der Waals surface area contributed by atoms with E-state index in [1.165, 1.54) is 22.5 Å². The number of rotatable bonds is 2. The van der Waals surface area contributed by atoms with Gasteiger partial charge in [-0.1, -0.05) is 6.07 Å². The molecule has 0 saturated heterocycles. The number of carbonyl (C=O) groups excluding carboxylic acids is 1. The molecule has 2 aromatic heterocycles. The molecule has 4 rings (SSSR count). The van der Waals surface area contributed by atoms with Gasteiger partial charge in [-0.15, -0.1) is 11.3 Å². The highest BCUT2D eigenvalue weighted by molar-refractivity contribution is 7.21. The number of pyridine rings is 1. The summed E-state index contributed by atoms with van der Waals surface area (Å²) in [7, 11) is 0. The molecule has 1 aliphatic carbocycles. The van der Waals surface area contributed by atoms with Crippen LogP contribution in [0, 0.1) is 11.3 Å². The first-order valence-electron chi connectivity index (χ1n) is 7.88. The smallest absolute Gasteiger partial charge is 0.267 e. The minimum absolute atomic E-state index is 0.141. The Morgan fingerprint density at radius 2 is 2.04 bits per heavy atom. The van der Waals surface area contributed by atoms with Gasteiger partial charge >= 0.3 is 0 Å². The van der Waals surface area contributed by atoms with Gasteiger partial charge in [-0.2, -0.15) is 5.26 Å². The summed E-state index contributed by atoms with van der Waals surface area (Å²) in [5.74, 6) is -0.141. The maximum absolute atomic E-state index is 12.6. The van der Waals surface area contributed by atoms with Crippen molar-refractivity contribution in [3.8, 4) is 6.07 Å². The summed E-state index contributed by atoms with van der Waals surface area (Å²) >= 11 is 1.17. The number of nitrogens with one attached hydrogen (secondary N) is 1. The lowest BCUT2D eigenvalue weighted by atomic mass is 10.1. The molecule has 0 radical (unpaired) electrons. The number of hydrogen-bond donors (Lipinski definition) is 3. The van der Waals surface area contributed by atoms with Crippen molar-refractivity contribution in [1.82, 2.24) is 4.98 Å². The van der Waals surface area contributed by atoms with Crippen LogP contribution >= 0.6 is 11.3 Å². The number of fused-ring (bicyclic) bond motifs is 2. The number of nitrogen functional groups attached to an aromatic ring is 2. The Labute approximate surface area is 148 Å². The van der Waals surface area contributed by atoms with Crippen molar-refractivity contribution in [2.75, 3.05) is 16.8 Å². The topological polar surface area (TPSA) is 118 Å². The van der Waals surface area contributed by atoms with Crippen molar-refractivity contribution in [3.05, 3.63) is 45.8 Å². The highest BCUT2D eigenvalue weighted by atomic mass is 32.1. The lowest BCUT2D eigenvalue weighted by Crippen LogP contribution is -2.12. The third-order valence-corrected chi connectivity index (χ3v) is 5.55. The Balaban J connectivity index is 1.68. The van der Waals surface area contributed by atoms with E-state index in [1.807, 2.05) is 18.2 Å². The zero-order valence-electron chi connectivity index (χ0n) is 13.3. The van der Waals surface area contributed by atoms with Crippen molar-refractivity contribution in [3.63, 3.8) is 0 Å². The molecule has 2 heterocycles. The third kappa shape index (κ3) is 2.57. The van der Waals surface area contributed by atoms with Crippen molar-refractivity contribution in [1.29, 1.82) is 5.26 Å². The van der Waals surface area contributed by atoms with E-state index in [2.05, 4.69) is 16.4 Å². The van der Waals surface area contributed by atoms with Crippen molar-refractivity contribution in [2.24, 2.45) is 0 Å². The normalized spacial score (nSPS) is 12.8. The average molecular weight is 349 g/mol. The molecular formula is C18H15N5OS. The zero-order valence-corrected chi connectivity index (χ0v) is 14.1. The number of nitrogens with two attached hydrogens (primary N) is 2. The van der Waals surface area contributed by atoms with E-state index in [9.17, 15) is 4.79 Å². The van der Waals surface area contributed by atoms with Gasteiger partial charge in [-0.3, -0.25) is 4.79 Å². The summed E-state index contributed by atoms with van der Waals surface area (Å²) in [6, 6.07) is 9.55. The second-order valence-corrected chi connectivity index (χ2v) is 7.02. The molecule has 0 saturated carbocycles. The van der Waals surface area contributed by atoms with Crippen molar-refractivity contribution >= 4 is 44.7 Å². The van der Waals surface area contributed by atoms with Gasteiger partial charge in [0.2, 0.25) is 0 Å². The molecule has 25 heavy (non-hydrogen) atoms. The fourth-order valence-electron chi connectivity index (χ4n) is 3.15. The lowest BCUT2D eigenvalue weighted by Gasteiger charge is -2.07. The largest absolute Gasteiger partial charge is 0.397 e. The third-order valence-electron chi connectivity index (χ3n) is 4.43. The van der Waals surface area contributed by atoms with Gasteiger partial charge < -0.3 is 16.8 Å². The molecule has 0 spiro atoms. The molecule has 0 atom stereocenters. The van der Waals surface area contributed by atoms with Gasteiger partial charge in [0.15, 0.2) is 0 Å². The summed E-state index contributed by atoms with van der Waals surface area (Å²) in [6.07, 6.45) is 3.30. The van der Waals surface area contributed by atoms with Crippen LogP contribution in [0.15, 0.2) is 24.3 Å². The summed E-state index contributed by atoms with van der Waals surface area (Å²) in [5, 5.41) is 12.5. The van der Waals surface area contributed by atoms with E-state index in [4.69, 9.17) is 16.7 Å². The monoisotopic (exact) mass is 349 g/mol. The SMILES string of the molecule is N#Cc1cc2c(N)c(C(=O)Nc3ccc4c(c3)CCC4)sc2nc1N. The van der Waals surface area contributed by atoms with Gasteiger partial charge in [0.25, 0.3) is 5.91 Å². The highest BCUT2D eigenvalue weighted by Crippen LogP contribution is 2.35. The summed E-state index contributed by atoms with van der Waals surface area (Å²) < 4.78 is 0. The molecule has 124 valence electrons. The van der Waals surface area contributed by atoms with Crippen LogP contribution in [0.3, 0.4) is 0 Å². The molecule has 1 aliphatic rings. The Morgan fingerprint density at radius 1 is 1.24 bits per heavy atom. The first-order valence-corrected chi connectivity index (χ1v) is 8.70. The first kappa shape index (κ1) is 15.4. The van der Waals surface area contributed by atoms with Crippen molar-refractivity contribution < 1.29 is 4.79 Å². The Morgan fingerprint density at radius 3 is 2.84 bits per heavy atom. The molecule has 1 amide bonds. The molecule has 0 unspecified atom stereocenters. The van der Waals surface area contributed by atoms with Crippen LogP contribution < -0.4 is 16.8 Å². The van der Waals surface area contributed by atoms with E-state index in [-0.39, 0.29) is 17.3 Å². The number of aromatic nitrogens is 1. The van der Waals surface area contributed by atoms with Gasteiger partial charge in [-0.05, 0) is 48.6 Å². The van der Waals surface area contributed by atoms with Crippen LogP contribution in [0.2, 0.25) is 0 Å². The fraction of sp³-hybridized carbons (Fsp3) is 0.167. The molecule has 1 aromatic carbocycles. The second-order valence-electron chi connectivity index (χ2n) is 6.02. The molecule has 5 N–H and O–H groups in total. The molecule has 6 nitrogen and oxygen atoms in total. The highest BCUT2D eigenvalue weighted by Gasteiger charge is 2.19. The Hall–Kier alpha value is -3.11. The predicted octanol–water partition coefficient (Wildman–Crippen LogP) is 3.07. The lowest BCUT2D eigenvalue weighted by molar-refractivity contribution is 0.103. The van der Waals surface area contributed by atoms with Gasteiger partial charge in [0.05, 0.1) is 11.3 Å². The van der Waals surface area contributed by atoms with Gasteiger partial charge in [-0.25, -0.2) is 4.98 Å². The second kappa shape index (κ2) is 5.76. The summed E-state index contributed by atoms with van der Waals surface area (Å²) in [6.45, 7) is 0. The van der Waals surface area contributed by atoms with Crippen LogP contribution in [0.1, 0.15) is 32.8 Å². The number of amides is 1. The van der Waals surface area contributed by atoms with E-state index in [0.717, 1.165) is 24.9 Å². The molecule has 0 fully saturated rings. The standard InChI is InChI=1S/C18H15N5OS/c19-8-11-7-13-14(20)15(25-18(13)23-16(11)21)17(24)22-12-5-4-9-2-1-3-10(9)6-12/h4-7H,1-3,20H2,(H2,21,23)(H,22,24). The van der Waals surface area contributed by atoms with Crippen LogP contribution in [0.4, 0.5) is 17.2 Å². The van der Waals surface area contributed by atoms with Crippen LogP contribution in [0.25, 0.3) is 10.2 Å². The predicted molar refractivity (Wildman–Crippen MR) is 99.6 cm³/mol. The first-order chi connectivity index (χ1) is 12.1. The summed E-state index contributed by atoms with van der Waals surface area (Å²) in [5.41, 5.74) is 15.8. The molecule has 7 heteroatoms. The maximum Gasteiger partial charge on any atom is 0.267 e. The minimum atomic E-state index is -0.282. The molecule has 0 aliphatic heterocycles. The Kier molecular flexibility index (Phi) is 3.55. The molecular weight excluding hydrogens is 334 g/mol. The maximum atomic E-state index is 12.6. The fourth-order valence-corrected chi connectivity index (χ4v) is 4.13. The van der Waals surface area contributed by atoms with Crippen molar-refractivity contribution in [2.45, 2.75) is 19.3 Å². The minimum Gasteiger partial charge on any atom is -0.397 e. The van der Waals surface area contributed by atoms with Crippen LogP contribution in [-0.4, -0.2) is 10.9 Å². The van der Waals surface area contributed by atoms with E-state index < -0.39 is 0 Å². The molecule has 3 aromatic rings. The van der Waals surface area contributed by atoms with E-state index >= 15 is 0 Å². The van der Waals surface area contributed by atoms with E-state index in [1.54, 1.807) is 6.07 Å². The number of carbonyl (C=O) groups is 1. The number of aryl methyl sites for hydroxylation is 2. The summed E-state index contributed by atoms with van der Waals surface area (Å²) in [4.78, 5) is 17.7. The van der Waals surface area contributed by atoms with Crippen LogP contribution in [-0.2, 0) is 12.8 Å². The molecule has 0 bridgehead atoms. The van der Waals surface area contributed by atoms with Gasteiger partial charge in [0, 0.05) is 11.1 Å². The number of nitriles is 1. The number of nitrogens with zero attached hydrogens (tertiary/aromatic N) is 2. The number of hydrogen-bond acceptors (Lipinski definition) is 6. The van der Waals surface area contributed by atoms with E-state index in [0.29, 0.717) is 20.8 Å².